The van der Waals surface area contributed by atoms with E-state index in [0.29, 0.717) is 18.4 Å². The van der Waals surface area contributed by atoms with E-state index in [1.54, 1.807) is 10.7 Å². The van der Waals surface area contributed by atoms with E-state index < -0.39 is 0 Å². The topological polar surface area (TPSA) is 68.2 Å². The molecule has 17 heavy (non-hydrogen) atoms. The summed E-state index contributed by atoms with van der Waals surface area (Å²) < 4.78 is 7.05. The van der Waals surface area contributed by atoms with Gasteiger partial charge in [-0.2, -0.15) is 4.98 Å². The molecule has 3 aromatic rings. The van der Waals surface area contributed by atoms with Gasteiger partial charge in [0.25, 0.3) is 0 Å². The Bertz CT molecular complexity index is 609. The van der Waals surface area contributed by atoms with Crippen LogP contribution in [0.5, 0.6) is 0 Å². The predicted octanol–water partition coefficient (Wildman–Crippen LogP) is 1.64. The molecule has 0 aliphatic carbocycles. The van der Waals surface area contributed by atoms with Gasteiger partial charge in [0.1, 0.15) is 5.76 Å². The SMILES string of the molecule is Cc1cnc(CNc2nc3ccccn3n2)o1. The summed E-state index contributed by atoms with van der Waals surface area (Å²) in [6.45, 7) is 2.34. The van der Waals surface area contributed by atoms with Gasteiger partial charge in [0, 0.05) is 6.20 Å². The second-order valence-corrected chi connectivity index (χ2v) is 3.66. The number of oxazole rings is 1. The first-order chi connectivity index (χ1) is 8.31. The highest BCUT2D eigenvalue weighted by atomic mass is 16.4. The highest BCUT2D eigenvalue weighted by molar-refractivity contribution is 5.42. The molecular formula is C11H11N5O. The molecule has 0 aliphatic heterocycles. The van der Waals surface area contributed by atoms with E-state index in [2.05, 4.69) is 20.4 Å². The summed E-state index contributed by atoms with van der Waals surface area (Å²) >= 11 is 0. The number of pyridine rings is 1. The van der Waals surface area contributed by atoms with Crippen LogP contribution in [0.3, 0.4) is 0 Å². The normalized spacial score (nSPS) is 10.9. The van der Waals surface area contributed by atoms with E-state index in [9.17, 15) is 0 Å². The zero-order chi connectivity index (χ0) is 11.7. The first-order valence-corrected chi connectivity index (χ1v) is 5.28. The van der Waals surface area contributed by atoms with Gasteiger partial charge in [-0.3, -0.25) is 0 Å². The molecule has 0 aromatic carbocycles. The van der Waals surface area contributed by atoms with Crippen molar-refractivity contribution in [2.24, 2.45) is 0 Å². The van der Waals surface area contributed by atoms with Crippen molar-refractivity contribution < 1.29 is 4.42 Å². The molecule has 0 amide bonds. The minimum Gasteiger partial charge on any atom is -0.444 e. The predicted molar refractivity (Wildman–Crippen MR) is 61.6 cm³/mol. The monoisotopic (exact) mass is 229 g/mol. The standard InChI is InChI=1S/C11H11N5O/c1-8-6-12-10(17-8)7-13-11-14-9-4-2-3-5-16(9)15-11/h2-6H,7H2,1H3,(H,13,15). The fourth-order valence-electron chi connectivity index (χ4n) is 1.54. The summed E-state index contributed by atoms with van der Waals surface area (Å²) in [5, 5.41) is 7.32. The smallest absolute Gasteiger partial charge is 0.243 e. The molecule has 0 atom stereocenters. The largest absolute Gasteiger partial charge is 0.444 e. The molecule has 3 aromatic heterocycles. The maximum atomic E-state index is 5.34. The highest BCUT2D eigenvalue weighted by Gasteiger charge is 2.04. The maximum Gasteiger partial charge on any atom is 0.243 e. The number of aromatic nitrogens is 4. The second kappa shape index (κ2) is 3.89. The fourth-order valence-corrected chi connectivity index (χ4v) is 1.54. The molecule has 0 fully saturated rings. The Morgan fingerprint density at radius 1 is 1.41 bits per heavy atom. The third kappa shape index (κ3) is 1.96. The minimum absolute atomic E-state index is 0.477. The van der Waals surface area contributed by atoms with E-state index in [4.69, 9.17) is 4.42 Å². The molecule has 0 bridgehead atoms. The number of rotatable bonds is 3. The first-order valence-electron chi connectivity index (χ1n) is 5.28. The van der Waals surface area contributed by atoms with Gasteiger partial charge < -0.3 is 9.73 Å². The second-order valence-electron chi connectivity index (χ2n) is 3.66. The fraction of sp³-hybridized carbons (Fsp3) is 0.182. The van der Waals surface area contributed by atoms with E-state index in [0.717, 1.165) is 11.4 Å². The van der Waals surface area contributed by atoms with Gasteiger partial charge in [0.05, 0.1) is 12.7 Å². The Labute approximate surface area is 97.3 Å². The van der Waals surface area contributed by atoms with Crippen molar-refractivity contribution in [1.29, 1.82) is 0 Å². The third-order valence-electron chi connectivity index (χ3n) is 2.31. The van der Waals surface area contributed by atoms with Crippen LogP contribution in [0.15, 0.2) is 35.0 Å². The first kappa shape index (κ1) is 9.83. The van der Waals surface area contributed by atoms with Crippen molar-refractivity contribution in [2.45, 2.75) is 13.5 Å². The van der Waals surface area contributed by atoms with Crippen molar-refractivity contribution >= 4 is 11.6 Å². The minimum atomic E-state index is 0.477. The van der Waals surface area contributed by atoms with Crippen LogP contribution in [0, 0.1) is 6.92 Å². The summed E-state index contributed by atoms with van der Waals surface area (Å²) in [4.78, 5) is 8.40. The van der Waals surface area contributed by atoms with E-state index in [1.807, 2.05) is 31.3 Å². The maximum absolute atomic E-state index is 5.34. The van der Waals surface area contributed by atoms with E-state index in [1.165, 1.54) is 0 Å². The lowest BCUT2D eigenvalue weighted by Gasteiger charge is -1.95. The Balaban J connectivity index is 1.76. The third-order valence-corrected chi connectivity index (χ3v) is 2.31. The molecule has 0 aliphatic rings. The van der Waals surface area contributed by atoms with Crippen molar-refractivity contribution in [3.8, 4) is 0 Å². The number of aryl methyl sites for hydroxylation is 1. The van der Waals surface area contributed by atoms with Crippen LogP contribution in [-0.4, -0.2) is 19.6 Å². The number of anilines is 1. The van der Waals surface area contributed by atoms with Gasteiger partial charge in [-0.15, -0.1) is 5.10 Å². The Hall–Kier alpha value is -2.37. The molecule has 0 saturated carbocycles. The molecule has 86 valence electrons. The summed E-state index contributed by atoms with van der Waals surface area (Å²) in [6.07, 6.45) is 3.54. The van der Waals surface area contributed by atoms with Crippen molar-refractivity contribution in [2.75, 3.05) is 5.32 Å². The zero-order valence-electron chi connectivity index (χ0n) is 9.29. The van der Waals surface area contributed by atoms with Gasteiger partial charge >= 0.3 is 0 Å². The average Bonchev–Trinajstić information content (AvgIpc) is 2.91. The quantitative estimate of drug-likeness (QED) is 0.739. The molecule has 6 heteroatoms. The summed E-state index contributed by atoms with van der Waals surface area (Å²) in [6, 6.07) is 5.72. The summed E-state index contributed by atoms with van der Waals surface area (Å²) in [5.41, 5.74) is 0.804. The molecular weight excluding hydrogens is 218 g/mol. The lowest BCUT2D eigenvalue weighted by atomic mass is 10.5. The van der Waals surface area contributed by atoms with Crippen LogP contribution >= 0.6 is 0 Å². The molecule has 0 spiro atoms. The van der Waals surface area contributed by atoms with Gasteiger partial charge in [-0.1, -0.05) is 6.07 Å². The van der Waals surface area contributed by atoms with Gasteiger partial charge in [-0.25, -0.2) is 9.50 Å². The average molecular weight is 229 g/mol. The molecule has 6 nitrogen and oxygen atoms in total. The summed E-state index contributed by atoms with van der Waals surface area (Å²) in [5.74, 6) is 1.98. The lowest BCUT2D eigenvalue weighted by molar-refractivity contribution is 0.478. The van der Waals surface area contributed by atoms with Crippen LogP contribution in [-0.2, 0) is 6.54 Å². The number of nitrogens with zero attached hydrogens (tertiary/aromatic N) is 4. The number of nitrogens with one attached hydrogen (secondary N) is 1. The van der Waals surface area contributed by atoms with E-state index in [-0.39, 0.29) is 0 Å². The Morgan fingerprint density at radius 2 is 2.35 bits per heavy atom. The van der Waals surface area contributed by atoms with Gasteiger partial charge in [0.15, 0.2) is 5.65 Å². The van der Waals surface area contributed by atoms with Gasteiger partial charge in [-0.05, 0) is 19.1 Å². The number of fused-ring (bicyclic) bond motifs is 1. The molecule has 1 N–H and O–H groups in total. The van der Waals surface area contributed by atoms with Crippen molar-refractivity contribution in [3.05, 3.63) is 42.2 Å². The molecule has 0 unspecified atom stereocenters. The van der Waals surface area contributed by atoms with Crippen LogP contribution in [0.25, 0.3) is 5.65 Å². The molecule has 0 saturated heterocycles. The molecule has 3 heterocycles. The number of hydrogen-bond donors (Lipinski definition) is 1. The van der Waals surface area contributed by atoms with Crippen LogP contribution in [0.1, 0.15) is 11.7 Å². The van der Waals surface area contributed by atoms with Crippen molar-refractivity contribution in [3.63, 3.8) is 0 Å². The van der Waals surface area contributed by atoms with E-state index >= 15 is 0 Å². The molecule has 0 radical (unpaired) electrons. The summed E-state index contributed by atoms with van der Waals surface area (Å²) in [7, 11) is 0. The van der Waals surface area contributed by atoms with Crippen LogP contribution in [0.2, 0.25) is 0 Å². The lowest BCUT2D eigenvalue weighted by Crippen LogP contribution is -2.01. The number of hydrogen-bond acceptors (Lipinski definition) is 5. The Morgan fingerprint density at radius 3 is 3.12 bits per heavy atom. The zero-order valence-corrected chi connectivity index (χ0v) is 9.29. The van der Waals surface area contributed by atoms with Crippen molar-refractivity contribution in [1.82, 2.24) is 19.6 Å². The van der Waals surface area contributed by atoms with Gasteiger partial charge in [0.2, 0.25) is 11.8 Å². The van der Waals surface area contributed by atoms with Crippen LogP contribution < -0.4 is 5.32 Å². The molecule has 3 rings (SSSR count). The Kier molecular flexibility index (Phi) is 2.25. The van der Waals surface area contributed by atoms with Crippen LogP contribution in [0.4, 0.5) is 5.95 Å². The highest BCUT2D eigenvalue weighted by Crippen LogP contribution is 2.07.